The molecule has 2 aromatic carbocycles. The van der Waals surface area contributed by atoms with Crippen LogP contribution in [-0.2, 0) is 6.61 Å². The predicted molar refractivity (Wildman–Crippen MR) is 83.7 cm³/mol. The molecule has 0 heterocycles. The summed E-state index contributed by atoms with van der Waals surface area (Å²) in [5.74, 6) is 0.808. The Kier molecular flexibility index (Phi) is 5.17. The van der Waals surface area contributed by atoms with E-state index in [-0.39, 0.29) is 12.6 Å². The van der Waals surface area contributed by atoms with E-state index >= 15 is 0 Å². The second-order valence-corrected chi connectivity index (χ2v) is 5.57. The molecule has 3 N–H and O–H groups in total. The summed E-state index contributed by atoms with van der Waals surface area (Å²) < 4.78 is 6.73. The number of hydrogen-bond donors (Lipinski definition) is 2. The van der Waals surface area contributed by atoms with Gasteiger partial charge in [-0.05, 0) is 45.6 Å². The van der Waals surface area contributed by atoms with Crippen molar-refractivity contribution in [2.75, 3.05) is 6.61 Å². The molecule has 106 valence electrons. The molecule has 0 aliphatic rings. The van der Waals surface area contributed by atoms with Crippen molar-refractivity contribution in [3.05, 3.63) is 63.6 Å². The Bertz CT molecular complexity index is 549. The molecular weight excluding hydrogens is 318 g/mol. The Morgan fingerprint density at radius 2 is 1.95 bits per heavy atom. The molecule has 2 aromatic rings. The number of rotatable bonds is 5. The molecule has 0 amide bonds. The molecule has 1 atom stereocenters. The maximum atomic E-state index is 9.12. The van der Waals surface area contributed by atoms with Crippen molar-refractivity contribution in [2.24, 2.45) is 5.73 Å². The number of halogens is 1. The van der Waals surface area contributed by atoms with Crippen LogP contribution in [0.15, 0.2) is 46.9 Å². The first-order chi connectivity index (χ1) is 9.61. The van der Waals surface area contributed by atoms with Gasteiger partial charge in [-0.15, -0.1) is 0 Å². The molecule has 0 aliphatic carbocycles. The highest BCUT2D eigenvalue weighted by molar-refractivity contribution is 9.10. The molecule has 20 heavy (non-hydrogen) atoms. The Hall–Kier alpha value is -1.36. The second-order valence-electron chi connectivity index (χ2n) is 4.71. The summed E-state index contributed by atoms with van der Waals surface area (Å²) >= 11 is 3.51. The topological polar surface area (TPSA) is 55.5 Å². The fourth-order valence-electron chi connectivity index (χ4n) is 1.99. The van der Waals surface area contributed by atoms with Gasteiger partial charge in [0.15, 0.2) is 0 Å². The quantitative estimate of drug-likeness (QED) is 0.881. The van der Waals surface area contributed by atoms with E-state index in [2.05, 4.69) is 15.9 Å². The summed E-state index contributed by atoms with van der Waals surface area (Å²) in [6.45, 7) is 2.42. The minimum Gasteiger partial charge on any atom is -0.487 e. The SMILES string of the molecule is Cc1cc(C(N)CO)cc(Br)c1OCc1ccccc1. The van der Waals surface area contributed by atoms with Crippen molar-refractivity contribution in [1.29, 1.82) is 0 Å². The molecule has 0 spiro atoms. The van der Waals surface area contributed by atoms with Crippen LogP contribution in [-0.4, -0.2) is 11.7 Å². The number of hydrogen-bond acceptors (Lipinski definition) is 3. The minimum atomic E-state index is -0.367. The normalized spacial score (nSPS) is 12.2. The van der Waals surface area contributed by atoms with Crippen LogP contribution < -0.4 is 10.5 Å². The molecule has 0 radical (unpaired) electrons. The van der Waals surface area contributed by atoms with Crippen molar-refractivity contribution in [3.63, 3.8) is 0 Å². The Balaban J connectivity index is 2.16. The highest BCUT2D eigenvalue weighted by Gasteiger charge is 2.12. The summed E-state index contributed by atoms with van der Waals surface area (Å²) in [7, 11) is 0. The van der Waals surface area contributed by atoms with Crippen LogP contribution in [0.3, 0.4) is 0 Å². The molecule has 0 aromatic heterocycles. The van der Waals surface area contributed by atoms with Crippen molar-refractivity contribution >= 4 is 15.9 Å². The van der Waals surface area contributed by atoms with Crippen molar-refractivity contribution in [1.82, 2.24) is 0 Å². The van der Waals surface area contributed by atoms with Crippen LogP contribution >= 0.6 is 15.9 Å². The smallest absolute Gasteiger partial charge is 0.136 e. The number of aliphatic hydroxyl groups excluding tert-OH is 1. The first-order valence-electron chi connectivity index (χ1n) is 6.45. The maximum absolute atomic E-state index is 9.12. The first kappa shape index (κ1) is 15.0. The van der Waals surface area contributed by atoms with Crippen molar-refractivity contribution < 1.29 is 9.84 Å². The minimum absolute atomic E-state index is 0.0733. The summed E-state index contributed by atoms with van der Waals surface area (Å²) in [5.41, 5.74) is 8.84. The number of benzene rings is 2. The third-order valence-corrected chi connectivity index (χ3v) is 3.69. The van der Waals surface area contributed by atoms with Gasteiger partial charge in [-0.3, -0.25) is 0 Å². The van der Waals surface area contributed by atoms with Gasteiger partial charge in [0.1, 0.15) is 12.4 Å². The van der Waals surface area contributed by atoms with Gasteiger partial charge in [-0.1, -0.05) is 36.4 Å². The third kappa shape index (κ3) is 3.60. The molecule has 3 nitrogen and oxygen atoms in total. The average Bonchev–Trinajstić information content (AvgIpc) is 2.46. The van der Waals surface area contributed by atoms with Gasteiger partial charge in [0.25, 0.3) is 0 Å². The Labute approximate surface area is 127 Å². The molecule has 0 aliphatic heterocycles. The van der Waals surface area contributed by atoms with Gasteiger partial charge >= 0.3 is 0 Å². The molecule has 0 saturated heterocycles. The van der Waals surface area contributed by atoms with Gasteiger partial charge in [0, 0.05) is 0 Å². The second kappa shape index (κ2) is 6.88. The lowest BCUT2D eigenvalue weighted by Crippen LogP contribution is -2.14. The molecule has 1 unspecified atom stereocenters. The molecule has 4 heteroatoms. The average molecular weight is 336 g/mol. The largest absolute Gasteiger partial charge is 0.487 e. The van der Waals surface area contributed by atoms with E-state index in [9.17, 15) is 0 Å². The van der Waals surface area contributed by atoms with Crippen LogP contribution in [0.2, 0.25) is 0 Å². The van der Waals surface area contributed by atoms with Crippen molar-refractivity contribution in [2.45, 2.75) is 19.6 Å². The van der Waals surface area contributed by atoms with E-state index in [0.717, 1.165) is 26.9 Å². The van der Waals surface area contributed by atoms with E-state index < -0.39 is 0 Å². The van der Waals surface area contributed by atoms with Crippen LogP contribution in [0, 0.1) is 6.92 Å². The fourth-order valence-corrected chi connectivity index (χ4v) is 2.68. The van der Waals surface area contributed by atoms with Gasteiger partial charge in [0.2, 0.25) is 0 Å². The molecule has 0 fully saturated rings. The zero-order valence-electron chi connectivity index (χ0n) is 11.3. The number of aryl methyl sites for hydroxylation is 1. The molecule has 0 bridgehead atoms. The van der Waals surface area contributed by atoms with Gasteiger partial charge in [-0.2, -0.15) is 0 Å². The summed E-state index contributed by atoms with van der Waals surface area (Å²) in [6.07, 6.45) is 0. The zero-order valence-corrected chi connectivity index (χ0v) is 12.9. The lowest BCUT2D eigenvalue weighted by atomic mass is 10.1. The standard InChI is InChI=1S/C16H18BrNO2/c1-11-7-13(15(18)9-19)8-14(17)16(11)20-10-12-5-3-2-4-6-12/h2-8,15,19H,9-10,18H2,1H3. The van der Waals surface area contributed by atoms with E-state index in [0.29, 0.717) is 6.61 Å². The highest BCUT2D eigenvalue weighted by atomic mass is 79.9. The Morgan fingerprint density at radius 1 is 1.25 bits per heavy atom. The molecular formula is C16H18BrNO2. The summed E-state index contributed by atoms with van der Waals surface area (Å²) in [5, 5.41) is 9.12. The van der Waals surface area contributed by atoms with E-state index in [1.165, 1.54) is 0 Å². The van der Waals surface area contributed by atoms with Crippen LogP contribution in [0.4, 0.5) is 0 Å². The first-order valence-corrected chi connectivity index (χ1v) is 7.24. The molecule has 0 saturated carbocycles. The van der Waals surface area contributed by atoms with E-state index in [1.807, 2.05) is 49.4 Å². The number of aliphatic hydroxyl groups is 1. The van der Waals surface area contributed by atoms with E-state index in [1.54, 1.807) is 0 Å². The summed E-state index contributed by atoms with van der Waals surface area (Å²) in [6, 6.07) is 13.5. The highest BCUT2D eigenvalue weighted by Crippen LogP contribution is 2.32. The fraction of sp³-hybridized carbons (Fsp3) is 0.250. The maximum Gasteiger partial charge on any atom is 0.136 e. The zero-order chi connectivity index (χ0) is 14.5. The lowest BCUT2D eigenvalue weighted by molar-refractivity contribution is 0.267. The van der Waals surface area contributed by atoms with Crippen LogP contribution in [0.25, 0.3) is 0 Å². The van der Waals surface area contributed by atoms with Crippen molar-refractivity contribution in [3.8, 4) is 5.75 Å². The van der Waals surface area contributed by atoms with Gasteiger partial charge in [-0.25, -0.2) is 0 Å². The number of nitrogens with two attached hydrogens (primary N) is 1. The lowest BCUT2D eigenvalue weighted by Gasteiger charge is -2.15. The third-order valence-electron chi connectivity index (χ3n) is 3.10. The monoisotopic (exact) mass is 335 g/mol. The molecule has 2 rings (SSSR count). The van der Waals surface area contributed by atoms with E-state index in [4.69, 9.17) is 15.6 Å². The Morgan fingerprint density at radius 3 is 2.55 bits per heavy atom. The summed E-state index contributed by atoms with van der Waals surface area (Å²) in [4.78, 5) is 0. The van der Waals surface area contributed by atoms with Gasteiger partial charge < -0.3 is 15.6 Å². The van der Waals surface area contributed by atoms with Crippen LogP contribution in [0.1, 0.15) is 22.7 Å². The van der Waals surface area contributed by atoms with Gasteiger partial charge in [0.05, 0.1) is 17.1 Å². The predicted octanol–water partition coefficient (Wildman–Crippen LogP) is 3.33. The number of ether oxygens (including phenoxy) is 1. The van der Waals surface area contributed by atoms with Crippen LogP contribution in [0.5, 0.6) is 5.75 Å².